The molecule has 0 N–H and O–H groups in total. The molecule has 0 heterocycles. The van der Waals surface area contributed by atoms with Crippen LogP contribution in [-0.4, -0.2) is 17.3 Å². The molecule has 0 fully saturated rings. The zero-order valence-corrected chi connectivity index (χ0v) is 8.13. The lowest BCUT2D eigenvalue weighted by molar-refractivity contribution is -0.169. The van der Waals surface area contributed by atoms with E-state index in [9.17, 15) is 4.79 Å². The predicted octanol–water partition coefficient (Wildman–Crippen LogP) is 1.82. The highest BCUT2D eigenvalue weighted by Crippen LogP contribution is 2.05. The van der Waals surface area contributed by atoms with Crippen molar-refractivity contribution >= 4 is 21.9 Å². The predicted molar refractivity (Wildman–Crippen MR) is 45.2 cm³/mol. The molecule has 0 saturated heterocycles. The van der Waals surface area contributed by atoms with E-state index in [-0.39, 0.29) is 5.01 Å². The molecule has 0 aromatic rings. The van der Waals surface area contributed by atoms with E-state index in [0.29, 0.717) is 0 Å². The second-order valence-corrected chi connectivity index (χ2v) is 3.18. The maximum atomic E-state index is 10.6. The number of halogens is 1. The molecule has 0 bridgehead atoms. The minimum absolute atomic E-state index is 0.130. The first-order chi connectivity index (χ1) is 5.06. The third-order valence-corrected chi connectivity index (χ3v) is 1.04. The van der Waals surface area contributed by atoms with E-state index in [4.69, 9.17) is 9.47 Å². The fourth-order valence-corrected chi connectivity index (χ4v) is 0.807. The molecule has 0 amide bonds. The van der Waals surface area contributed by atoms with Gasteiger partial charge in [0.25, 0.3) is 0 Å². The van der Waals surface area contributed by atoms with Gasteiger partial charge in [-0.25, -0.2) is 4.79 Å². The number of carbonyl (C=O) groups is 1. The summed E-state index contributed by atoms with van der Waals surface area (Å²) in [6.45, 7) is 6.68. The number of esters is 1. The molecular formula is C7H11BrO3. The molecule has 0 aromatic heterocycles. The van der Waals surface area contributed by atoms with E-state index in [1.54, 1.807) is 13.8 Å². The van der Waals surface area contributed by atoms with E-state index in [2.05, 4.69) is 22.5 Å². The summed E-state index contributed by atoms with van der Waals surface area (Å²) in [6.07, 6.45) is 0.550. The lowest BCUT2D eigenvalue weighted by atomic mass is 10.6. The lowest BCUT2D eigenvalue weighted by Gasteiger charge is -2.13. The number of ether oxygens (including phenoxy) is 2. The molecule has 11 heavy (non-hydrogen) atoms. The summed E-state index contributed by atoms with van der Waals surface area (Å²) in [5.41, 5.74) is 0. The first kappa shape index (κ1) is 10.7. The van der Waals surface area contributed by atoms with Crippen LogP contribution in [0, 0.1) is 0 Å². The van der Waals surface area contributed by atoms with Crippen molar-refractivity contribution in [3.8, 4) is 0 Å². The Kier molecular flexibility index (Phi) is 5.15. The van der Waals surface area contributed by atoms with Crippen LogP contribution < -0.4 is 0 Å². The summed E-state index contributed by atoms with van der Waals surface area (Å²) in [5, 5.41) is -0.130. The fourth-order valence-electron chi connectivity index (χ4n) is 0.504. The van der Waals surface area contributed by atoms with Crippen LogP contribution in [0.5, 0.6) is 0 Å². The van der Waals surface area contributed by atoms with E-state index in [1.807, 2.05) is 0 Å². The summed E-state index contributed by atoms with van der Waals surface area (Å²) in [4.78, 5) is 10.6. The Bertz CT molecular complexity index is 145. The highest BCUT2D eigenvalue weighted by Gasteiger charge is 2.08. The molecule has 0 aromatic carbocycles. The topological polar surface area (TPSA) is 35.5 Å². The van der Waals surface area contributed by atoms with Gasteiger partial charge in [0.1, 0.15) is 5.01 Å². The monoisotopic (exact) mass is 222 g/mol. The van der Waals surface area contributed by atoms with Crippen molar-refractivity contribution in [2.24, 2.45) is 0 Å². The normalized spacial score (nSPS) is 15.2. The average molecular weight is 223 g/mol. The Labute approximate surface area is 74.5 Å². The van der Waals surface area contributed by atoms with Crippen LogP contribution in [0.25, 0.3) is 0 Å². The van der Waals surface area contributed by atoms with E-state index in [0.717, 1.165) is 6.08 Å². The SMILES string of the molecule is C=CC(=O)OC(C)OC(C)Br. The van der Waals surface area contributed by atoms with Gasteiger partial charge in [0, 0.05) is 6.08 Å². The summed E-state index contributed by atoms with van der Waals surface area (Å²) in [5.74, 6) is -0.481. The second-order valence-electron chi connectivity index (χ2n) is 1.89. The van der Waals surface area contributed by atoms with Gasteiger partial charge >= 0.3 is 5.97 Å². The van der Waals surface area contributed by atoms with E-state index in [1.165, 1.54) is 0 Å². The number of rotatable bonds is 4. The van der Waals surface area contributed by atoms with Gasteiger partial charge in [0.15, 0.2) is 0 Å². The van der Waals surface area contributed by atoms with E-state index < -0.39 is 12.3 Å². The van der Waals surface area contributed by atoms with Gasteiger partial charge in [-0.1, -0.05) is 22.5 Å². The molecule has 0 aliphatic heterocycles. The van der Waals surface area contributed by atoms with Crippen molar-refractivity contribution < 1.29 is 14.3 Å². The van der Waals surface area contributed by atoms with Crippen LogP contribution in [0.1, 0.15) is 13.8 Å². The van der Waals surface area contributed by atoms with Gasteiger partial charge in [0.05, 0.1) is 0 Å². The van der Waals surface area contributed by atoms with Crippen molar-refractivity contribution in [1.82, 2.24) is 0 Å². The highest BCUT2D eigenvalue weighted by atomic mass is 79.9. The van der Waals surface area contributed by atoms with Gasteiger partial charge in [-0.3, -0.25) is 0 Å². The minimum atomic E-state index is -0.546. The first-order valence-electron chi connectivity index (χ1n) is 3.19. The smallest absolute Gasteiger partial charge is 0.332 e. The Balaban J connectivity index is 3.59. The minimum Gasteiger partial charge on any atom is -0.433 e. The molecular weight excluding hydrogens is 212 g/mol. The zero-order chi connectivity index (χ0) is 8.85. The molecule has 2 unspecified atom stereocenters. The van der Waals surface area contributed by atoms with Crippen LogP contribution in [0.4, 0.5) is 0 Å². The Hall–Kier alpha value is -0.350. The van der Waals surface area contributed by atoms with Crippen molar-refractivity contribution in [3.05, 3.63) is 12.7 Å². The Morgan fingerprint density at radius 3 is 2.55 bits per heavy atom. The van der Waals surface area contributed by atoms with Crippen LogP contribution in [0.3, 0.4) is 0 Å². The number of carbonyl (C=O) groups excluding carboxylic acids is 1. The first-order valence-corrected chi connectivity index (χ1v) is 4.10. The molecule has 3 nitrogen and oxygen atoms in total. The summed E-state index contributed by atoms with van der Waals surface area (Å²) in [6, 6.07) is 0. The van der Waals surface area contributed by atoms with Crippen LogP contribution in [0.2, 0.25) is 0 Å². The summed E-state index contributed by atoms with van der Waals surface area (Å²) < 4.78 is 9.75. The largest absolute Gasteiger partial charge is 0.433 e. The average Bonchev–Trinajstić information content (AvgIpc) is 1.85. The van der Waals surface area contributed by atoms with Crippen molar-refractivity contribution in [2.45, 2.75) is 25.2 Å². The number of hydrogen-bond donors (Lipinski definition) is 0. The molecule has 0 saturated carbocycles. The van der Waals surface area contributed by atoms with Gasteiger partial charge in [-0.05, 0) is 13.8 Å². The lowest BCUT2D eigenvalue weighted by Crippen LogP contribution is -2.18. The molecule has 0 spiro atoms. The molecule has 4 heteroatoms. The van der Waals surface area contributed by atoms with Crippen LogP contribution in [0.15, 0.2) is 12.7 Å². The highest BCUT2D eigenvalue weighted by molar-refractivity contribution is 9.09. The molecule has 64 valence electrons. The third kappa shape index (κ3) is 6.06. The van der Waals surface area contributed by atoms with Gasteiger partial charge in [-0.15, -0.1) is 0 Å². The zero-order valence-electron chi connectivity index (χ0n) is 6.54. The summed E-state index contributed by atoms with van der Waals surface area (Å²) in [7, 11) is 0. The summed E-state index contributed by atoms with van der Waals surface area (Å²) >= 11 is 3.15. The molecule has 2 atom stereocenters. The van der Waals surface area contributed by atoms with Gasteiger partial charge in [-0.2, -0.15) is 0 Å². The Morgan fingerprint density at radius 2 is 2.18 bits per heavy atom. The second kappa shape index (κ2) is 5.32. The molecule has 0 aliphatic carbocycles. The van der Waals surface area contributed by atoms with Crippen molar-refractivity contribution in [1.29, 1.82) is 0 Å². The van der Waals surface area contributed by atoms with Gasteiger partial charge < -0.3 is 9.47 Å². The van der Waals surface area contributed by atoms with Crippen molar-refractivity contribution in [3.63, 3.8) is 0 Å². The van der Waals surface area contributed by atoms with Crippen LogP contribution in [-0.2, 0) is 14.3 Å². The third-order valence-electron chi connectivity index (χ3n) is 0.828. The number of alkyl halides is 1. The van der Waals surface area contributed by atoms with E-state index >= 15 is 0 Å². The molecule has 0 aliphatic rings. The van der Waals surface area contributed by atoms with Crippen LogP contribution >= 0.6 is 15.9 Å². The van der Waals surface area contributed by atoms with Gasteiger partial charge in [0.2, 0.25) is 6.29 Å². The maximum absolute atomic E-state index is 10.6. The number of hydrogen-bond acceptors (Lipinski definition) is 3. The van der Waals surface area contributed by atoms with Crippen molar-refractivity contribution in [2.75, 3.05) is 0 Å². The Morgan fingerprint density at radius 1 is 1.64 bits per heavy atom. The standard InChI is InChI=1S/C7H11BrO3/c1-4-7(9)11-6(3)10-5(2)8/h4-6H,1H2,2-3H3. The molecule has 0 rings (SSSR count). The molecule has 0 radical (unpaired) electrons. The quantitative estimate of drug-likeness (QED) is 0.315. The fraction of sp³-hybridized carbons (Fsp3) is 0.571. The maximum Gasteiger partial charge on any atom is 0.332 e.